The number of hydrogen-bond donors (Lipinski definition) is 2. The molecule has 0 aliphatic carbocycles. The van der Waals surface area contributed by atoms with E-state index in [1.165, 1.54) is 0 Å². The lowest BCUT2D eigenvalue weighted by atomic mass is 10.1. The Kier molecular flexibility index (Phi) is 6.25. The van der Waals surface area contributed by atoms with Gasteiger partial charge in [-0.25, -0.2) is 4.79 Å². The van der Waals surface area contributed by atoms with E-state index in [-0.39, 0.29) is 0 Å². The van der Waals surface area contributed by atoms with Crippen molar-refractivity contribution in [1.82, 2.24) is 5.32 Å². The van der Waals surface area contributed by atoms with Crippen molar-refractivity contribution in [2.45, 2.75) is 39.3 Å². The van der Waals surface area contributed by atoms with Crippen LogP contribution in [0.4, 0.5) is 4.79 Å². The lowest BCUT2D eigenvalue weighted by Gasteiger charge is -2.19. The molecule has 0 saturated heterocycles. The van der Waals surface area contributed by atoms with E-state index in [4.69, 9.17) is 10.5 Å². The maximum Gasteiger partial charge on any atom is 0.407 e. The van der Waals surface area contributed by atoms with Crippen LogP contribution < -0.4 is 11.1 Å². The van der Waals surface area contributed by atoms with Gasteiger partial charge in [0.15, 0.2) is 0 Å². The van der Waals surface area contributed by atoms with Gasteiger partial charge >= 0.3 is 6.09 Å². The summed E-state index contributed by atoms with van der Waals surface area (Å²) in [5.41, 5.74) is 7.10. The molecule has 20 heavy (non-hydrogen) atoms. The fourth-order valence-corrected chi connectivity index (χ4v) is 1.61. The third-order valence-corrected chi connectivity index (χ3v) is 2.43. The smallest absolute Gasteiger partial charge is 0.407 e. The van der Waals surface area contributed by atoms with E-state index in [9.17, 15) is 4.79 Å². The van der Waals surface area contributed by atoms with Crippen LogP contribution in [0.5, 0.6) is 0 Å². The SMILES string of the molecule is CC(C)(C)OC(=O)NCc1cccc(C=CCCN)c1. The summed E-state index contributed by atoms with van der Waals surface area (Å²) in [5.74, 6) is 0. The summed E-state index contributed by atoms with van der Waals surface area (Å²) < 4.78 is 5.19. The van der Waals surface area contributed by atoms with Crippen molar-refractivity contribution in [1.29, 1.82) is 0 Å². The molecule has 110 valence electrons. The van der Waals surface area contributed by atoms with Gasteiger partial charge in [-0.15, -0.1) is 0 Å². The van der Waals surface area contributed by atoms with Crippen LogP contribution in [0.2, 0.25) is 0 Å². The van der Waals surface area contributed by atoms with E-state index >= 15 is 0 Å². The monoisotopic (exact) mass is 276 g/mol. The highest BCUT2D eigenvalue weighted by atomic mass is 16.6. The molecule has 0 heterocycles. The maximum atomic E-state index is 11.6. The number of amides is 1. The molecule has 0 unspecified atom stereocenters. The van der Waals surface area contributed by atoms with Crippen molar-refractivity contribution in [3.63, 3.8) is 0 Å². The topological polar surface area (TPSA) is 64.3 Å². The Morgan fingerprint density at radius 1 is 1.40 bits per heavy atom. The number of hydrogen-bond acceptors (Lipinski definition) is 3. The third kappa shape index (κ3) is 6.95. The number of carbonyl (C=O) groups excluding carboxylic acids is 1. The number of alkyl carbamates (subject to hydrolysis) is 1. The van der Waals surface area contributed by atoms with Gasteiger partial charge < -0.3 is 15.8 Å². The Morgan fingerprint density at radius 2 is 2.15 bits per heavy atom. The van der Waals surface area contributed by atoms with Gasteiger partial charge in [0, 0.05) is 6.54 Å². The second-order valence-electron chi connectivity index (χ2n) is 5.58. The van der Waals surface area contributed by atoms with Gasteiger partial charge in [-0.3, -0.25) is 0 Å². The number of nitrogens with two attached hydrogens (primary N) is 1. The molecule has 0 fully saturated rings. The highest BCUT2D eigenvalue weighted by Gasteiger charge is 2.15. The minimum atomic E-state index is -0.475. The first-order valence-corrected chi connectivity index (χ1v) is 6.83. The molecule has 1 aromatic carbocycles. The largest absolute Gasteiger partial charge is 0.444 e. The van der Waals surface area contributed by atoms with Crippen molar-refractivity contribution in [2.24, 2.45) is 5.73 Å². The minimum absolute atomic E-state index is 0.401. The Morgan fingerprint density at radius 3 is 2.80 bits per heavy atom. The van der Waals surface area contributed by atoms with Crippen LogP contribution in [0.15, 0.2) is 30.3 Å². The average molecular weight is 276 g/mol. The van der Waals surface area contributed by atoms with Crippen molar-refractivity contribution in [2.75, 3.05) is 6.54 Å². The fourth-order valence-electron chi connectivity index (χ4n) is 1.61. The van der Waals surface area contributed by atoms with Gasteiger partial charge in [-0.05, 0) is 50.9 Å². The zero-order valence-electron chi connectivity index (χ0n) is 12.5. The standard InChI is InChI=1S/C16H24N2O2/c1-16(2,3)20-15(19)18-12-14-9-6-8-13(11-14)7-4-5-10-17/h4,6-9,11H,5,10,12,17H2,1-3H3,(H,18,19). The second kappa shape index (κ2) is 7.70. The summed E-state index contributed by atoms with van der Waals surface area (Å²) in [6.45, 7) is 6.63. The molecule has 4 nitrogen and oxygen atoms in total. The molecule has 1 aromatic rings. The van der Waals surface area contributed by atoms with Gasteiger partial charge in [-0.2, -0.15) is 0 Å². The Bertz CT molecular complexity index is 462. The average Bonchev–Trinajstić information content (AvgIpc) is 2.35. The molecule has 1 amide bonds. The van der Waals surface area contributed by atoms with E-state index in [1.807, 2.05) is 57.2 Å². The van der Waals surface area contributed by atoms with Gasteiger partial charge in [0.05, 0.1) is 0 Å². The van der Waals surface area contributed by atoms with Crippen LogP contribution in [-0.2, 0) is 11.3 Å². The lowest BCUT2D eigenvalue weighted by molar-refractivity contribution is 0.0523. The lowest BCUT2D eigenvalue weighted by Crippen LogP contribution is -2.32. The van der Waals surface area contributed by atoms with Crippen molar-refractivity contribution in [3.05, 3.63) is 41.5 Å². The molecule has 4 heteroatoms. The summed E-state index contributed by atoms with van der Waals surface area (Å²) in [5, 5.41) is 2.74. The number of benzene rings is 1. The van der Waals surface area contributed by atoms with E-state index < -0.39 is 11.7 Å². The Balaban J connectivity index is 2.52. The zero-order chi connectivity index (χ0) is 15.0. The summed E-state index contributed by atoms with van der Waals surface area (Å²) in [7, 11) is 0. The third-order valence-electron chi connectivity index (χ3n) is 2.43. The molecular formula is C16H24N2O2. The van der Waals surface area contributed by atoms with Crippen molar-refractivity contribution < 1.29 is 9.53 Å². The first kappa shape index (κ1) is 16.2. The molecule has 0 atom stereocenters. The quantitative estimate of drug-likeness (QED) is 0.868. The predicted octanol–water partition coefficient (Wildman–Crippen LogP) is 3.07. The number of nitrogens with one attached hydrogen (secondary N) is 1. The molecule has 0 aromatic heterocycles. The predicted molar refractivity (Wildman–Crippen MR) is 82.2 cm³/mol. The van der Waals surface area contributed by atoms with Gasteiger partial charge in [0.2, 0.25) is 0 Å². The first-order valence-electron chi connectivity index (χ1n) is 6.83. The highest BCUT2D eigenvalue weighted by molar-refractivity contribution is 5.67. The number of rotatable bonds is 5. The van der Waals surface area contributed by atoms with E-state index in [0.717, 1.165) is 17.5 Å². The normalized spacial score (nSPS) is 11.6. The van der Waals surface area contributed by atoms with Crippen molar-refractivity contribution in [3.8, 4) is 0 Å². The number of ether oxygens (including phenoxy) is 1. The fraction of sp³-hybridized carbons (Fsp3) is 0.438. The van der Waals surface area contributed by atoms with Crippen LogP contribution in [0.3, 0.4) is 0 Å². The molecule has 0 aliphatic rings. The van der Waals surface area contributed by atoms with Gasteiger partial charge in [0.25, 0.3) is 0 Å². The molecule has 0 saturated carbocycles. The van der Waals surface area contributed by atoms with Gasteiger partial charge in [-0.1, -0.05) is 30.4 Å². The molecular weight excluding hydrogens is 252 g/mol. The Hall–Kier alpha value is -1.81. The van der Waals surface area contributed by atoms with E-state index in [0.29, 0.717) is 13.1 Å². The van der Waals surface area contributed by atoms with Crippen LogP contribution in [-0.4, -0.2) is 18.2 Å². The molecule has 0 spiro atoms. The second-order valence-corrected chi connectivity index (χ2v) is 5.58. The summed E-state index contributed by atoms with van der Waals surface area (Å²) in [6, 6.07) is 7.99. The molecule has 0 radical (unpaired) electrons. The molecule has 0 aliphatic heterocycles. The number of carbonyl (C=O) groups is 1. The van der Waals surface area contributed by atoms with Gasteiger partial charge in [0.1, 0.15) is 5.60 Å². The van der Waals surface area contributed by atoms with Crippen LogP contribution >= 0.6 is 0 Å². The summed E-state index contributed by atoms with van der Waals surface area (Å²) in [4.78, 5) is 11.6. The molecule has 1 rings (SSSR count). The van der Waals surface area contributed by atoms with Crippen molar-refractivity contribution >= 4 is 12.2 Å². The zero-order valence-corrected chi connectivity index (χ0v) is 12.5. The summed E-state index contributed by atoms with van der Waals surface area (Å²) in [6.07, 6.45) is 4.53. The molecule has 0 bridgehead atoms. The maximum absolute atomic E-state index is 11.6. The summed E-state index contributed by atoms with van der Waals surface area (Å²) >= 11 is 0. The first-order chi connectivity index (χ1) is 9.40. The molecule has 3 N–H and O–H groups in total. The van der Waals surface area contributed by atoms with Crippen LogP contribution in [0, 0.1) is 0 Å². The van der Waals surface area contributed by atoms with E-state index in [1.54, 1.807) is 0 Å². The minimum Gasteiger partial charge on any atom is -0.444 e. The van der Waals surface area contributed by atoms with E-state index in [2.05, 4.69) is 5.32 Å². The van der Waals surface area contributed by atoms with Crippen LogP contribution in [0.25, 0.3) is 6.08 Å². The highest BCUT2D eigenvalue weighted by Crippen LogP contribution is 2.09. The Labute approximate surface area is 121 Å². The van der Waals surface area contributed by atoms with Crippen LogP contribution in [0.1, 0.15) is 38.3 Å².